The van der Waals surface area contributed by atoms with Crippen molar-refractivity contribution < 1.29 is 19.2 Å². The van der Waals surface area contributed by atoms with Crippen LogP contribution >= 0.6 is 0 Å². The zero-order chi connectivity index (χ0) is 14.4. The molecule has 1 saturated carbocycles. The molecule has 1 aromatic heterocycles. The van der Waals surface area contributed by atoms with Crippen molar-refractivity contribution in [1.82, 2.24) is 15.5 Å². The number of carboxylic acid groups (broad SMARTS) is 1. The molecule has 0 aliphatic heterocycles. The molecular formula is C13H19N3O4. The number of carbonyl (C=O) groups excluding carboxylic acids is 1. The fourth-order valence-electron chi connectivity index (χ4n) is 2.88. The number of nitrogens with one attached hydrogen (secondary N) is 1. The SMILES string of the molecule is O=C(O)CC1(CC(=O)NCCc2ncno2)CCCC1. The van der Waals surface area contributed by atoms with E-state index >= 15 is 0 Å². The van der Waals surface area contributed by atoms with Crippen LogP contribution in [0.15, 0.2) is 10.9 Å². The van der Waals surface area contributed by atoms with Gasteiger partial charge in [0, 0.05) is 19.4 Å². The van der Waals surface area contributed by atoms with Crippen LogP contribution in [0.5, 0.6) is 0 Å². The molecule has 0 bridgehead atoms. The lowest BCUT2D eigenvalue weighted by atomic mass is 9.79. The number of rotatable bonds is 7. The van der Waals surface area contributed by atoms with Crippen LogP contribution in [-0.4, -0.2) is 33.7 Å². The summed E-state index contributed by atoms with van der Waals surface area (Å²) in [5.74, 6) is -0.454. The molecule has 2 N–H and O–H groups in total. The standard InChI is InChI=1S/C13H19N3O4/c17-10(14-6-3-11-15-9-16-20-11)7-13(8-12(18)19)4-1-2-5-13/h9H,1-8H2,(H,14,17)(H,18,19). The molecule has 0 unspecified atom stereocenters. The molecule has 0 atom stereocenters. The molecule has 0 spiro atoms. The van der Waals surface area contributed by atoms with Gasteiger partial charge in [-0.25, -0.2) is 0 Å². The highest BCUT2D eigenvalue weighted by atomic mass is 16.5. The van der Waals surface area contributed by atoms with Crippen molar-refractivity contribution >= 4 is 11.9 Å². The zero-order valence-electron chi connectivity index (χ0n) is 11.3. The van der Waals surface area contributed by atoms with Crippen molar-refractivity contribution in [2.45, 2.75) is 44.9 Å². The Morgan fingerprint density at radius 1 is 1.35 bits per heavy atom. The Balaban J connectivity index is 1.78. The number of carboxylic acids is 1. The molecular weight excluding hydrogens is 262 g/mol. The second-order valence-corrected chi connectivity index (χ2v) is 5.39. The summed E-state index contributed by atoms with van der Waals surface area (Å²) in [5.41, 5.74) is -0.361. The normalized spacial score (nSPS) is 17.0. The molecule has 2 rings (SSSR count). The Morgan fingerprint density at radius 2 is 2.10 bits per heavy atom. The van der Waals surface area contributed by atoms with Gasteiger partial charge in [0.15, 0.2) is 6.33 Å². The minimum atomic E-state index is -0.828. The van der Waals surface area contributed by atoms with Gasteiger partial charge in [0.05, 0.1) is 6.42 Å². The fraction of sp³-hybridized carbons (Fsp3) is 0.692. The number of hydrogen-bond donors (Lipinski definition) is 2. The summed E-state index contributed by atoms with van der Waals surface area (Å²) in [4.78, 5) is 26.8. The van der Waals surface area contributed by atoms with E-state index in [1.54, 1.807) is 0 Å². The third-order valence-electron chi connectivity index (χ3n) is 3.79. The van der Waals surface area contributed by atoms with Crippen molar-refractivity contribution in [3.63, 3.8) is 0 Å². The Kier molecular flexibility index (Phi) is 4.70. The average molecular weight is 281 g/mol. The zero-order valence-corrected chi connectivity index (χ0v) is 11.3. The number of amides is 1. The van der Waals surface area contributed by atoms with E-state index in [1.165, 1.54) is 6.33 Å². The van der Waals surface area contributed by atoms with Crippen LogP contribution in [0.2, 0.25) is 0 Å². The van der Waals surface area contributed by atoms with Gasteiger partial charge in [-0.2, -0.15) is 4.98 Å². The summed E-state index contributed by atoms with van der Waals surface area (Å²) in [5, 5.41) is 15.3. The molecule has 1 heterocycles. The summed E-state index contributed by atoms with van der Waals surface area (Å²) in [6.45, 7) is 0.421. The Bertz CT molecular complexity index is 452. The smallest absolute Gasteiger partial charge is 0.303 e. The lowest BCUT2D eigenvalue weighted by Gasteiger charge is -2.26. The summed E-state index contributed by atoms with van der Waals surface area (Å²) < 4.78 is 4.83. The maximum Gasteiger partial charge on any atom is 0.303 e. The summed E-state index contributed by atoms with van der Waals surface area (Å²) >= 11 is 0. The molecule has 1 fully saturated rings. The maximum absolute atomic E-state index is 11.9. The molecule has 1 amide bonds. The minimum Gasteiger partial charge on any atom is -0.481 e. The van der Waals surface area contributed by atoms with E-state index in [2.05, 4.69) is 15.5 Å². The first-order valence-electron chi connectivity index (χ1n) is 6.84. The van der Waals surface area contributed by atoms with Gasteiger partial charge in [-0.15, -0.1) is 0 Å². The molecule has 7 heteroatoms. The van der Waals surface area contributed by atoms with Crippen LogP contribution in [0.4, 0.5) is 0 Å². The maximum atomic E-state index is 11.9. The van der Waals surface area contributed by atoms with E-state index in [9.17, 15) is 9.59 Å². The Morgan fingerprint density at radius 3 is 2.70 bits per heavy atom. The van der Waals surface area contributed by atoms with Crippen LogP contribution in [0.25, 0.3) is 0 Å². The van der Waals surface area contributed by atoms with Gasteiger partial charge in [-0.05, 0) is 18.3 Å². The molecule has 1 aromatic rings. The average Bonchev–Trinajstić information content (AvgIpc) is 3.00. The highest BCUT2D eigenvalue weighted by Gasteiger charge is 2.37. The monoisotopic (exact) mass is 281 g/mol. The van der Waals surface area contributed by atoms with Gasteiger partial charge in [-0.3, -0.25) is 9.59 Å². The molecule has 7 nitrogen and oxygen atoms in total. The van der Waals surface area contributed by atoms with Gasteiger partial charge < -0.3 is 14.9 Å². The predicted octanol–water partition coefficient (Wildman–Crippen LogP) is 1.15. The van der Waals surface area contributed by atoms with E-state index in [1.807, 2.05) is 0 Å². The molecule has 0 saturated heterocycles. The lowest BCUT2D eigenvalue weighted by Crippen LogP contribution is -2.33. The minimum absolute atomic E-state index is 0.0735. The first-order chi connectivity index (χ1) is 9.60. The quantitative estimate of drug-likeness (QED) is 0.776. The summed E-state index contributed by atoms with van der Waals surface area (Å²) in [6.07, 6.45) is 5.79. The molecule has 20 heavy (non-hydrogen) atoms. The number of aliphatic carboxylic acids is 1. The van der Waals surface area contributed by atoms with Crippen LogP contribution in [0.3, 0.4) is 0 Å². The number of carbonyl (C=O) groups is 2. The molecule has 1 aliphatic carbocycles. The van der Waals surface area contributed by atoms with E-state index in [4.69, 9.17) is 9.63 Å². The highest BCUT2D eigenvalue weighted by molar-refractivity contribution is 5.78. The Hall–Kier alpha value is -1.92. The van der Waals surface area contributed by atoms with E-state index < -0.39 is 5.97 Å². The van der Waals surface area contributed by atoms with Gasteiger partial charge >= 0.3 is 5.97 Å². The number of aromatic nitrogens is 2. The van der Waals surface area contributed by atoms with E-state index in [0.717, 1.165) is 25.7 Å². The topological polar surface area (TPSA) is 105 Å². The van der Waals surface area contributed by atoms with Crippen molar-refractivity contribution in [2.24, 2.45) is 5.41 Å². The summed E-state index contributed by atoms with van der Waals surface area (Å²) in [6, 6.07) is 0. The third-order valence-corrected chi connectivity index (χ3v) is 3.79. The number of nitrogens with zero attached hydrogens (tertiary/aromatic N) is 2. The van der Waals surface area contributed by atoms with Gasteiger partial charge in [0.1, 0.15) is 0 Å². The van der Waals surface area contributed by atoms with E-state index in [0.29, 0.717) is 18.9 Å². The molecule has 110 valence electrons. The van der Waals surface area contributed by atoms with Crippen LogP contribution in [0.1, 0.15) is 44.4 Å². The van der Waals surface area contributed by atoms with Crippen LogP contribution in [-0.2, 0) is 16.0 Å². The van der Waals surface area contributed by atoms with Crippen molar-refractivity contribution in [2.75, 3.05) is 6.54 Å². The molecule has 0 radical (unpaired) electrons. The van der Waals surface area contributed by atoms with Crippen LogP contribution in [0, 0.1) is 5.41 Å². The summed E-state index contributed by atoms with van der Waals surface area (Å²) in [7, 11) is 0. The molecule has 0 aromatic carbocycles. The van der Waals surface area contributed by atoms with E-state index in [-0.39, 0.29) is 24.2 Å². The second-order valence-electron chi connectivity index (χ2n) is 5.39. The van der Waals surface area contributed by atoms with Gasteiger partial charge in [0.25, 0.3) is 0 Å². The lowest BCUT2D eigenvalue weighted by molar-refractivity contribution is -0.140. The first kappa shape index (κ1) is 14.5. The second kappa shape index (κ2) is 6.49. The van der Waals surface area contributed by atoms with Crippen molar-refractivity contribution in [3.8, 4) is 0 Å². The largest absolute Gasteiger partial charge is 0.481 e. The first-order valence-corrected chi connectivity index (χ1v) is 6.84. The van der Waals surface area contributed by atoms with Gasteiger partial charge in [-0.1, -0.05) is 18.0 Å². The third kappa shape index (κ3) is 4.04. The molecule has 1 aliphatic rings. The fourth-order valence-corrected chi connectivity index (χ4v) is 2.88. The predicted molar refractivity (Wildman–Crippen MR) is 68.8 cm³/mol. The van der Waals surface area contributed by atoms with Crippen molar-refractivity contribution in [3.05, 3.63) is 12.2 Å². The Labute approximate surface area is 116 Å². The highest BCUT2D eigenvalue weighted by Crippen LogP contribution is 2.43. The van der Waals surface area contributed by atoms with Crippen molar-refractivity contribution in [1.29, 1.82) is 0 Å². The van der Waals surface area contributed by atoms with Crippen LogP contribution < -0.4 is 5.32 Å². The van der Waals surface area contributed by atoms with Gasteiger partial charge in [0.2, 0.25) is 11.8 Å². The number of hydrogen-bond acceptors (Lipinski definition) is 5.